The Morgan fingerprint density at radius 1 is 0.429 bits per heavy atom. The molecule has 0 rings (SSSR count). The van der Waals surface area contributed by atoms with Crippen LogP contribution >= 0.6 is 0 Å². The molecule has 0 aromatic heterocycles. The van der Waals surface area contributed by atoms with Gasteiger partial charge in [-0.3, -0.25) is 0 Å². The molecule has 0 aliphatic rings. The van der Waals surface area contributed by atoms with Gasteiger partial charge < -0.3 is 67.5 Å². The number of halogens is 5. The van der Waals surface area contributed by atoms with Gasteiger partial charge in [0.2, 0.25) is 0 Å². The standard InChI is InChI=1S/5ClH.H2O.Ru/h5*1H;1H2;/q;;;;;;+5/p-5. The van der Waals surface area contributed by atoms with Crippen molar-refractivity contribution in [3.8, 4) is 0 Å². The summed E-state index contributed by atoms with van der Waals surface area (Å²) in [6, 6.07) is 0. The number of rotatable bonds is 0. The molecular formula is H2Cl5ORu. The normalized spacial score (nSPS) is 0. The Morgan fingerprint density at radius 2 is 0.429 bits per heavy atom. The predicted molar refractivity (Wildman–Crippen MR) is 3.61 cm³/mol. The van der Waals surface area contributed by atoms with E-state index in [1.54, 1.807) is 0 Å². The van der Waals surface area contributed by atoms with E-state index in [2.05, 4.69) is 0 Å². The maximum Gasteiger partial charge on any atom is 5.00 e. The van der Waals surface area contributed by atoms with Crippen LogP contribution in [0.15, 0.2) is 0 Å². The van der Waals surface area contributed by atoms with E-state index in [9.17, 15) is 0 Å². The summed E-state index contributed by atoms with van der Waals surface area (Å²) >= 11 is 0. The Labute approximate surface area is 86.5 Å². The van der Waals surface area contributed by atoms with E-state index in [1.807, 2.05) is 0 Å². The van der Waals surface area contributed by atoms with Crippen LogP contribution in [0.4, 0.5) is 0 Å². The summed E-state index contributed by atoms with van der Waals surface area (Å²) in [4.78, 5) is 0. The van der Waals surface area contributed by atoms with Gasteiger partial charge in [-0.1, -0.05) is 0 Å². The Bertz CT molecular complexity index is 8.04. The first-order valence-corrected chi connectivity index (χ1v) is 0. The molecule has 0 atom stereocenters. The van der Waals surface area contributed by atoms with Gasteiger partial charge in [-0.05, 0) is 0 Å². The molecule has 0 fully saturated rings. The van der Waals surface area contributed by atoms with Crippen molar-refractivity contribution in [3.63, 3.8) is 0 Å². The minimum Gasteiger partial charge on any atom is -1.00 e. The van der Waals surface area contributed by atoms with Crippen LogP contribution in [0.1, 0.15) is 0 Å². The molecule has 0 amide bonds. The second-order valence-electron chi connectivity index (χ2n) is 0. The molecule has 0 spiro atoms. The summed E-state index contributed by atoms with van der Waals surface area (Å²) in [6.07, 6.45) is 0. The minimum absolute atomic E-state index is 0. The third-order valence-electron chi connectivity index (χ3n) is 0. The van der Waals surface area contributed by atoms with Crippen LogP contribution in [0.25, 0.3) is 0 Å². The van der Waals surface area contributed by atoms with Gasteiger partial charge in [0.1, 0.15) is 0 Å². The van der Waals surface area contributed by atoms with Gasteiger partial charge in [0.05, 0.1) is 0 Å². The van der Waals surface area contributed by atoms with Crippen molar-refractivity contribution >= 4 is 0 Å². The van der Waals surface area contributed by atoms with Crippen molar-refractivity contribution in [2.75, 3.05) is 0 Å². The van der Waals surface area contributed by atoms with Gasteiger partial charge in [0.15, 0.2) is 0 Å². The van der Waals surface area contributed by atoms with Crippen molar-refractivity contribution < 1.29 is 87.0 Å². The zero-order valence-corrected chi connectivity index (χ0v) is 8.26. The fraction of sp³-hybridized carbons (Fsp3) is 0. The number of hydrogen-bond donors (Lipinski definition) is 0. The molecule has 2 N–H and O–H groups in total. The van der Waals surface area contributed by atoms with Crippen molar-refractivity contribution in [2.45, 2.75) is 0 Å². The van der Waals surface area contributed by atoms with Crippen LogP contribution in [-0.4, -0.2) is 5.48 Å². The van der Waals surface area contributed by atoms with Crippen molar-refractivity contribution in [2.24, 2.45) is 0 Å². The van der Waals surface area contributed by atoms with Crippen molar-refractivity contribution in [1.29, 1.82) is 0 Å². The molecule has 1 nitrogen and oxygen atoms in total. The van der Waals surface area contributed by atoms with Crippen LogP contribution in [0, 0.1) is 0 Å². The smallest absolute Gasteiger partial charge is 1.00 e. The monoisotopic (exact) mass is 295 g/mol. The van der Waals surface area contributed by atoms with Crippen LogP contribution in [-0.2, 0) is 19.5 Å². The molecule has 1 radical (unpaired) electrons. The zero-order valence-electron chi connectivity index (χ0n) is 2.74. The first-order valence-electron chi connectivity index (χ1n) is 0. The summed E-state index contributed by atoms with van der Waals surface area (Å²) < 4.78 is 0. The maximum atomic E-state index is 0. The Morgan fingerprint density at radius 3 is 0.429 bits per heavy atom. The van der Waals surface area contributed by atoms with Gasteiger partial charge in [-0.25, -0.2) is 0 Å². The molecule has 51 valence electrons. The molecule has 0 heterocycles. The minimum atomic E-state index is 0. The SMILES string of the molecule is O.[Cl-].[Cl-].[Cl-].[Cl-].[Cl-].[Ru+5]. The van der Waals surface area contributed by atoms with Crippen LogP contribution in [0.2, 0.25) is 0 Å². The van der Waals surface area contributed by atoms with Crippen molar-refractivity contribution in [1.82, 2.24) is 0 Å². The van der Waals surface area contributed by atoms with E-state index >= 15 is 0 Å². The van der Waals surface area contributed by atoms with Crippen LogP contribution in [0.3, 0.4) is 0 Å². The second kappa shape index (κ2) is 96.1. The first kappa shape index (κ1) is 141. The van der Waals surface area contributed by atoms with E-state index < -0.39 is 0 Å². The maximum absolute atomic E-state index is 0. The summed E-state index contributed by atoms with van der Waals surface area (Å²) in [5, 5.41) is 0. The summed E-state index contributed by atoms with van der Waals surface area (Å²) in [5.74, 6) is 0. The molecule has 0 aromatic rings. The Hall–Kier alpha value is 2.03. The zero-order chi connectivity index (χ0) is 0. The first-order chi connectivity index (χ1) is 0. The molecule has 7 heavy (non-hydrogen) atoms. The summed E-state index contributed by atoms with van der Waals surface area (Å²) in [7, 11) is 0. The summed E-state index contributed by atoms with van der Waals surface area (Å²) in [5.41, 5.74) is 0. The van der Waals surface area contributed by atoms with E-state index in [1.165, 1.54) is 0 Å². The largest absolute Gasteiger partial charge is 5.00 e. The molecule has 0 saturated heterocycles. The second-order valence-corrected chi connectivity index (χ2v) is 0. The Kier molecular flexibility index (Phi) is 1940. The van der Waals surface area contributed by atoms with Crippen LogP contribution < -0.4 is 62.0 Å². The Balaban J connectivity index is 0. The molecule has 0 unspecified atom stereocenters. The van der Waals surface area contributed by atoms with Gasteiger partial charge >= 0.3 is 19.5 Å². The van der Waals surface area contributed by atoms with E-state index in [0.29, 0.717) is 0 Å². The molecule has 0 aliphatic heterocycles. The third kappa shape index (κ3) is 70.7. The topological polar surface area (TPSA) is 31.5 Å². The average molecular weight is 296 g/mol. The van der Waals surface area contributed by atoms with Crippen molar-refractivity contribution in [3.05, 3.63) is 0 Å². The van der Waals surface area contributed by atoms with Crippen LogP contribution in [0.5, 0.6) is 0 Å². The molecule has 0 saturated carbocycles. The fourth-order valence-corrected chi connectivity index (χ4v) is 0. The van der Waals surface area contributed by atoms with Gasteiger partial charge in [0, 0.05) is 0 Å². The molecule has 0 aliphatic carbocycles. The predicted octanol–water partition coefficient (Wildman–Crippen LogP) is -15.8. The molecule has 7 heteroatoms. The third-order valence-corrected chi connectivity index (χ3v) is 0. The fourth-order valence-electron chi connectivity index (χ4n) is 0. The van der Waals surface area contributed by atoms with Gasteiger partial charge in [-0.15, -0.1) is 0 Å². The summed E-state index contributed by atoms with van der Waals surface area (Å²) in [6.45, 7) is 0. The van der Waals surface area contributed by atoms with E-state index in [0.717, 1.165) is 0 Å². The van der Waals surface area contributed by atoms with Gasteiger partial charge in [0.25, 0.3) is 0 Å². The average Bonchev–Trinajstić information content (AvgIpc) is 0. The number of hydrogen-bond acceptors (Lipinski definition) is 0. The van der Waals surface area contributed by atoms with Gasteiger partial charge in [-0.2, -0.15) is 0 Å². The van der Waals surface area contributed by atoms with E-state index in [4.69, 9.17) is 0 Å². The molecular weight excluding hydrogens is 294 g/mol. The molecule has 0 aromatic carbocycles. The molecule has 0 bridgehead atoms. The quantitative estimate of drug-likeness (QED) is 0.398. The van der Waals surface area contributed by atoms with E-state index in [-0.39, 0.29) is 87.0 Å².